The van der Waals surface area contributed by atoms with Crippen LogP contribution >= 0.6 is 11.6 Å². The van der Waals surface area contributed by atoms with E-state index in [9.17, 15) is 14.4 Å². The van der Waals surface area contributed by atoms with Crippen molar-refractivity contribution in [2.75, 3.05) is 13.1 Å². The third-order valence-corrected chi connectivity index (χ3v) is 3.86. The van der Waals surface area contributed by atoms with Gasteiger partial charge in [-0.15, -0.1) is 0 Å². The summed E-state index contributed by atoms with van der Waals surface area (Å²) in [6.07, 6.45) is 0.155. The monoisotopic (exact) mass is 370 g/mol. The SMILES string of the molecule is CC(C)n1c(C=O)nc(Cl)c1C(=O)NC1CN(C(=O)OC(C)(C)C)C1. The summed E-state index contributed by atoms with van der Waals surface area (Å²) in [4.78, 5) is 41.0. The molecule has 138 valence electrons. The minimum atomic E-state index is -0.562. The van der Waals surface area contributed by atoms with Crippen LogP contribution in [0.4, 0.5) is 4.79 Å². The lowest BCUT2D eigenvalue weighted by atomic mass is 10.1. The second-order valence-corrected chi connectivity index (χ2v) is 7.60. The summed E-state index contributed by atoms with van der Waals surface area (Å²) in [6, 6.07) is -0.355. The highest BCUT2D eigenvalue weighted by atomic mass is 35.5. The molecule has 0 aliphatic carbocycles. The number of aldehydes is 1. The Labute approximate surface area is 151 Å². The smallest absolute Gasteiger partial charge is 0.410 e. The highest BCUT2D eigenvalue weighted by molar-refractivity contribution is 6.32. The van der Waals surface area contributed by atoms with E-state index < -0.39 is 17.6 Å². The van der Waals surface area contributed by atoms with Crippen LogP contribution in [0, 0.1) is 0 Å². The second kappa shape index (κ2) is 7.03. The molecule has 1 aliphatic heterocycles. The fourth-order valence-electron chi connectivity index (χ4n) is 2.53. The highest BCUT2D eigenvalue weighted by Crippen LogP contribution is 2.22. The molecule has 1 aromatic heterocycles. The number of likely N-dealkylation sites (tertiary alicyclic amines) is 1. The van der Waals surface area contributed by atoms with Gasteiger partial charge in [0.05, 0.1) is 6.04 Å². The van der Waals surface area contributed by atoms with E-state index in [0.717, 1.165) is 0 Å². The lowest BCUT2D eigenvalue weighted by molar-refractivity contribution is 0.00528. The summed E-state index contributed by atoms with van der Waals surface area (Å²) in [7, 11) is 0. The average Bonchev–Trinajstić information content (AvgIpc) is 2.76. The molecular weight excluding hydrogens is 348 g/mol. The normalized spacial score (nSPS) is 15.1. The molecule has 1 aliphatic rings. The van der Waals surface area contributed by atoms with Crippen LogP contribution < -0.4 is 5.32 Å². The number of nitrogens with one attached hydrogen (secondary N) is 1. The summed E-state index contributed by atoms with van der Waals surface area (Å²) in [5.74, 6) is -0.317. The number of imidazole rings is 1. The van der Waals surface area contributed by atoms with E-state index in [1.54, 1.807) is 20.8 Å². The Kier molecular flexibility index (Phi) is 5.41. The molecule has 0 radical (unpaired) electrons. The average molecular weight is 371 g/mol. The maximum absolute atomic E-state index is 12.5. The largest absolute Gasteiger partial charge is 0.444 e. The third kappa shape index (κ3) is 4.31. The Morgan fingerprint density at radius 2 is 1.96 bits per heavy atom. The zero-order chi connectivity index (χ0) is 18.9. The second-order valence-electron chi connectivity index (χ2n) is 7.25. The zero-order valence-electron chi connectivity index (χ0n) is 15.0. The Hall–Kier alpha value is -2.09. The Bertz CT molecular complexity index is 687. The van der Waals surface area contributed by atoms with Crippen LogP contribution in [0.15, 0.2) is 0 Å². The molecule has 0 aromatic carbocycles. The first-order valence-electron chi connectivity index (χ1n) is 8.05. The van der Waals surface area contributed by atoms with Gasteiger partial charge in [-0.1, -0.05) is 11.6 Å². The van der Waals surface area contributed by atoms with Crippen molar-refractivity contribution in [2.45, 2.75) is 52.3 Å². The molecule has 2 rings (SSSR count). The van der Waals surface area contributed by atoms with Gasteiger partial charge in [0, 0.05) is 19.1 Å². The molecule has 0 saturated carbocycles. The third-order valence-electron chi connectivity index (χ3n) is 3.60. The van der Waals surface area contributed by atoms with Gasteiger partial charge in [-0.05, 0) is 34.6 Å². The molecule has 0 spiro atoms. The van der Waals surface area contributed by atoms with Crippen LogP contribution in [-0.4, -0.2) is 57.5 Å². The molecule has 25 heavy (non-hydrogen) atoms. The van der Waals surface area contributed by atoms with Crippen LogP contribution in [0.1, 0.15) is 61.8 Å². The summed E-state index contributed by atoms with van der Waals surface area (Å²) in [6.45, 7) is 9.75. The van der Waals surface area contributed by atoms with Crippen LogP contribution in [-0.2, 0) is 4.74 Å². The maximum atomic E-state index is 12.5. The van der Waals surface area contributed by atoms with Crippen molar-refractivity contribution in [3.05, 3.63) is 16.7 Å². The van der Waals surface area contributed by atoms with E-state index in [4.69, 9.17) is 16.3 Å². The van der Waals surface area contributed by atoms with Gasteiger partial charge in [-0.25, -0.2) is 9.78 Å². The summed E-state index contributed by atoms with van der Waals surface area (Å²) >= 11 is 6.03. The van der Waals surface area contributed by atoms with Crippen LogP contribution in [0.3, 0.4) is 0 Å². The van der Waals surface area contributed by atoms with E-state index in [2.05, 4.69) is 10.3 Å². The van der Waals surface area contributed by atoms with E-state index in [1.165, 1.54) is 9.47 Å². The fraction of sp³-hybridized carbons (Fsp3) is 0.625. The topological polar surface area (TPSA) is 93.5 Å². The lowest BCUT2D eigenvalue weighted by Crippen LogP contribution is -2.61. The first-order chi connectivity index (χ1) is 11.5. The van der Waals surface area contributed by atoms with Gasteiger partial charge in [0.2, 0.25) is 0 Å². The molecule has 2 amide bonds. The van der Waals surface area contributed by atoms with E-state index in [-0.39, 0.29) is 28.8 Å². The Morgan fingerprint density at radius 1 is 1.36 bits per heavy atom. The number of aromatic nitrogens is 2. The number of amides is 2. The van der Waals surface area contributed by atoms with Gasteiger partial charge in [-0.2, -0.15) is 0 Å². The molecule has 0 atom stereocenters. The lowest BCUT2D eigenvalue weighted by Gasteiger charge is -2.40. The van der Waals surface area contributed by atoms with E-state index in [1.807, 2.05) is 13.8 Å². The minimum Gasteiger partial charge on any atom is -0.444 e. The number of hydrogen-bond acceptors (Lipinski definition) is 5. The minimum absolute atomic E-state index is 0.0170. The first kappa shape index (κ1) is 19.2. The maximum Gasteiger partial charge on any atom is 0.410 e. The van der Waals surface area contributed by atoms with Gasteiger partial charge < -0.3 is 19.5 Å². The van der Waals surface area contributed by atoms with E-state index >= 15 is 0 Å². The van der Waals surface area contributed by atoms with Crippen molar-refractivity contribution in [2.24, 2.45) is 0 Å². The number of nitrogens with zero attached hydrogens (tertiary/aromatic N) is 3. The first-order valence-corrected chi connectivity index (χ1v) is 8.43. The number of carbonyl (C=O) groups excluding carboxylic acids is 3. The summed E-state index contributed by atoms with van der Waals surface area (Å²) < 4.78 is 6.76. The Morgan fingerprint density at radius 3 is 2.44 bits per heavy atom. The molecule has 0 bridgehead atoms. The quantitative estimate of drug-likeness (QED) is 0.820. The van der Waals surface area contributed by atoms with Crippen molar-refractivity contribution in [3.63, 3.8) is 0 Å². The molecular formula is C16H23ClN4O4. The number of ether oxygens (including phenoxy) is 1. The molecule has 1 fully saturated rings. The molecule has 8 nitrogen and oxygen atoms in total. The molecule has 1 saturated heterocycles. The van der Waals surface area contributed by atoms with Crippen LogP contribution in [0.25, 0.3) is 0 Å². The van der Waals surface area contributed by atoms with Gasteiger partial charge in [0.25, 0.3) is 5.91 Å². The van der Waals surface area contributed by atoms with Gasteiger partial charge >= 0.3 is 6.09 Å². The molecule has 0 unspecified atom stereocenters. The van der Waals surface area contributed by atoms with Gasteiger partial charge in [0.15, 0.2) is 17.3 Å². The van der Waals surface area contributed by atoms with Gasteiger partial charge in [0.1, 0.15) is 11.3 Å². The standard InChI is InChI=1S/C16H23ClN4O4/c1-9(2)21-11(8-22)19-13(17)12(21)14(23)18-10-6-20(7-10)15(24)25-16(3,4)5/h8-10H,6-7H2,1-5H3,(H,18,23). The summed E-state index contributed by atoms with van der Waals surface area (Å²) in [5, 5.41) is 2.79. The number of rotatable bonds is 4. The summed E-state index contributed by atoms with van der Waals surface area (Å²) in [5.41, 5.74) is -0.414. The number of hydrogen-bond donors (Lipinski definition) is 1. The van der Waals surface area contributed by atoms with E-state index in [0.29, 0.717) is 19.4 Å². The molecule has 1 N–H and O–H groups in total. The molecule has 9 heteroatoms. The van der Waals surface area contributed by atoms with Crippen molar-refractivity contribution in [1.29, 1.82) is 0 Å². The van der Waals surface area contributed by atoms with Crippen LogP contribution in [0.2, 0.25) is 5.15 Å². The fourth-order valence-corrected chi connectivity index (χ4v) is 2.79. The van der Waals surface area contributed by atoms with Crippen molar-refractivity contribution >= 4 is 29.9 Å². The highest BCUT2D eigenvalue weighted by Gasteiger charge is 2.35. The number of carbonyl (C=O) groups is 3. The predicted octanol–water partition coefficient (Wildman–Crippen LogP) is 2.28. The van der Waals surface area contributed by atoms with Crippen molar-refractivity contribution in [3.8, 4) is 0 Å². The number of halogens is 1. The van der Waals surface area contributed by atoms with Crippen LogP contribution in [0.5, 0.6) is 0 Å². The van der Waals surface area contributed by atoms with Crippen molar-refractivity contribution in [1.82, 2.24) is 19.8 Å². The van der Waals surface area contributed by atoms with Crippen molar-refractivity contribution < 1.29 is 19.1 Å². The molecule has 2 heterocycles. The van der Waals surface area contributed by atoms with Gasteiger partial charge in [-0.3, -0.25) is 9.59 Å². The zero-order valence-corrected chi connectivity index (χ0v) is 15.8. The predicted molar refractivity (Wildman–Crippen MR) is 92.1 cm³/mol. The Balaban J connectivity index is 2.00. The molecule has 1 aromatic rings.